The molecule has 0 saturated carbocycles. The summed E-state index contributed by atoms with van der Waals surface area (Å²) in [6.45, 7) is 1.23. The molecule has 174 valence electrons. The van der Waals surface area contributed by atoms with Gasteiger partial charge in [0.1, 0.15) is 12.2 Å². The van der Waals surface area contributed by atoms with Crippen molar-refractivity contribution in [1.82, 2.24) is 0 Å². The van der Waals surface area contributed by atoms with Gasteiger partial charge in [0.2, 0.25) is 0 Å². The van der Waals surface area contributed by atoms with Crippen LogP contribution in [0.1, 0.15) is 16.7 Å². The van der Waals surface area contributed by atoms with Crippen LogP contribution in [0.4, 0.5) is 0 Å². The van der Waals surface area contributed by atoms with Gasteiger partial charge < -0.3 is 14.2 Å². The summed E-state index contributed by atoms with van der Waals surface area (Å²) in [5, 5.41) is 3.46. The number of benzene rings is 3. The van der Waals surface area contributed by atoms with Crippen molar-refractivity contribution in [1.29, 1.82) is 0 Å². The van der Waals surface area contributed by atoms with E-state index in [0.717, 1.165) is 16.7 Å². The summed E-state index contributed by atoms with van der Waals surface area (Å²) in [5.41, 5.74) is 11.7. The van der Waals surface area contributed by atoms with E-state index in [4.69, 9.17) is 19.7 Å². The highest BCUT2D eigenvalue weighted by Crippen LogP contribution is 2.16. The Morgan fingerprint density at radius 3 is 1.79 bits per heavy atom. The Bertz CT molecular complexity index is 1070. The van der Waals surface area contributed by atoms with Gasteiger partial charge in [0.15, 0.2) is 6.29 Å². The minimum atomic E-state index is -0.689. The van der Waals surface area contributed by atoms with Crippen LogP contribution in [-0.2, 0) is 38.8 Å². The SMILES string of the molecule is [N-]=[N+]=N/C(C=O)=C\[C@H](OCc1ccccc1)[C@@H](COCc1ccccc1)OCc1ccccc1. The zero-order chi connectivity index (χ0) is 23.8. The molecular weight excluding hydrogens is 430 g/mol. The average molecular weight is 458 g/mol. The molecule has 0 saturated heterocycles. The third kappa shape index (κ3) is 8.65. The fourth-order valence-corrected chi connectivity index (χ4v) is 3.23. The molecule has 0 aliphatic heterocycles. The first-order valence-corrected chi connectivity index (χ1v) is 10.9. The molecule has 7 nitrogen and oxygen atoms in total. The van der Waals surface area contributed by atoms with Crippen LogP contribution in [0.5, 0.6) is 0 Å². The lowest BCUT2D eigenvalue weighted by molar-refractivity contribution is -0.106. The summed E-state index contributed by atoms with van der Waals surface area (Å²) in [4.78, 5) is 14.2. The molecule has 3 aromatic carbocycles. The van der Waals surface area contributed by atoms with Crippen LogP contribution < -0.4 is 0 Å². The molecule has 0 radical (unpaired) electrons. The van der Waals surface area contributed by atoms with Crippen molar-refractivity contribution < 1.29 is 19.0 Å². The van der Waals surface area contributed by atoms with E-state index in [-0.39, 0.29) is 18.9 Å². The van der Waals surface area contributed by atoms with Crippen LogP contribution in [0.3, 0.4) is 0 Å². The molecule has 0 aromatic heterocycles. The average Bonchev–Trinajstić information content (AvgIpc) is 2.90. The van der Waals surface area contributed by atoms with Crippen molar-refractivity contribution in [2.45, 2.75) is 32.0 Å². The second kappa shape index (κ2) is 14.4. The van der Waals surface area contributed by atoms with Gasteiger partial charge in [-0.05, 0) is 28.3 Å². The maximum atomic E-state index is 11.4. The van der Waals surface area contributed by atoms with Gasteiger partial charge in [-0.1, -0.05) is 96.1 Å². The van der Waals surface area contributed by atoms with Crippen molar-refractivity contribution >= 4 is 6.29 Å². The smallest absolute Gasteiger partial charge is 0.152 e. The number of nitrogens with zero attached hydrogens (tertiary/aromatic N) is 3. The zero-order valence-electron chi connectivity index (χ0n) is 18.8. The molecule has 34 heavy (non-hydrogen) atoms. The standard InChI is InChI=1S/C27H27N3O4/c28-30-29-25(17-31)16-26(33-19-23-12-6-2-7-13-23)27(34-20-24-14-8-3-9-15-24)21-32-18-22-10-4-1-5-11-22/h1-17,26-27H,18-21H2/b25-16-/t26-,27+/m0/s1. The monoisotopic (exact) mass is 457 g/mol. The molecule has 0 amide bonds. The Hall–Kier alpha value is -3.74. The largest absolute Gasteiger partial charge is 0.374 e. The molecule has 0 unspecified atom stereocenters. The Balaban J connectivity index is 1.78. The van der Waals surface area contributed by atoms with Crippen LogP contribution in [-0.4, -0.2) is 25.1 Å². The molecule has 0 N–H and O–H groups in total. The highest BCUT2D eigenvalue weighted by Gasteiger charge is 2.23. The lowest BCUT2D eigenvalue weighted by atomic mass is 10.1. The van der Waals surface area contributed by atoms with Gasteiger partial charge in [-0.2, -0.15) is 0 Å². The molecule has 3 rings (SSSR count). The molecule has 0 heterocycles. The predicted molar refractivity (Wildman–Crippen MR) is 129 cm³/mol. The van der Waals surface area contributed by atoms with E-state index in [2.05, 4.69) is 10.0 Å². The number of allylic oxidation sites excluding steroid dienone is 1. The molecule has 3 aromatic rings. The van der Waals surface area contributed by atoms with E-state index >= 15 is 0 Å². The first-order valence-electron chi connectivity index (χ1n) is 10.9. The second-order valence-corrected chi connectivity index (χ2v) is 7.50. The van der Waals surface area contributed by atoms with Crippen molar-refractivity contribution in [3.63, 3.8) is 0 Å². The van der Waals surface area contributed by atoms with Crippen molar-refractivity contribution in [2.75, 3.05) is 6.61 Å². The van der Waals surface area contributed by atoms with E-state index < -0.39 is 12.2 Å². The van der Waals surface area contributed by atoms with Gasteiger partial charge in [0, 0.05) is 4.91 Å². The Labute approximate surface area is 199 Å². The minimum Gasteiger partial charge on any atom is -0.374 e. The van der Waals surface area contributed by atoms with Crippen LogP contribution in [0.15, 0.2) is 108 Å². The molecule has 0 aliphatic carbocycles. The molecular formula is C27H27N3O4. The van der Waals surface area contributed by atoms with Crippen molar-refractivity contribution in [3.8, 4) is 0 Å². The summed E-state index contributed by atoms with van der Waals surface area (Å²) < 4.78 is 18.3. The molecule has 7 heteroatoms. The van der Waals surface area contributed by atoms with Gasteiger partial charge >= 0.3 is 0 Å². The maximum Gasteiger partial charge on any atom is 0.152 e. The third-order valence-corrected chi connectivity index (χ3v) is 4.97. The number of carbonyl (C=O) groups excluding carboxylic acids is 1. The number of aldehydes is 1. The summed E-state index contributed by atoms with van der Waals surface area (Å²) in [7, 11) is 0. The summed E-state index contributed by atoms with van der Waals surface area (Å²) in [6.07, 6.45) is 0.733. The third-order valence-electron chi connectivity index (χ3n) is 4.97. The minimum absolute atomic E-state index is 0.0723. The van der Waals surface area contributed by atoms with Crippen LogP contribution in [0, 0.1) is 0 Å². The van der Waals surface area contributed by atoms with Gasteiger partial charge in [0.25, 0.3) is 0 Å². The summed E-state index contributed by atoms with van der Waals surface area (Å²) in [5.74, 6) is 0. The van der Waals surface area contributed by atoms with Crippen LogP contribution >= 0.6 is 0 Å². The van der Waals surface area contributed by atoms with Crippen LogP contribution in [0.25, 0.3) is 10.4 Å². The van der Waals surface area contributed by atoms with Crippen LogP contribution in [0.2, 0.25) is 0 Å². The van der Waals surface area contributed by atoms with E-state index in [0.29, 0.717) is 19.5 Å². The second-order valence-electron chi connectivity index (χ2n) is 7.50. The molecule has 2 atom stereocenters. The topological polar surface area (TPSA) is 93.5 Å². The van der Waals surface area contributed by atoms with Gasteiger partial charge in [-0.25, -0.2) is 0 Å². The number of rotatable bonds is 14. The highest BCUT2D eigenvalue weighted by atomic mass is 16.6. The predicted octanol–water partition coefficient (Wildman–Crippen LogP) is 5.77. The summed E-state index contributed by atoms with van der Waals surface area (Å²) >= 11 is 0. The quantitative estimate of drug-likeness (QED) is 0.101. The number of carbonyl (C=O) groups is 1. The zero-order valence-corrected chi connectivity index (χ0v) is 18.8. The molecule has 0 spiro atoms. The Morgan fingerprint density at radius 2 is 1.29 bits per heavy atom. The van der Waals surface area contributed by atoms with E-state index in [1.807, 2.05) is 91.0 Å². The molecule has 0 aliphatic rings. The molecule has 0 bridgehead atoms. The first kappa shape index (κ1) is 24.9. The number of hydrogen-bond acceptors (Lipinski definition) is 5. The number of azide groups is 1. The lowest BCUT2D eigenvalue weighted by Crippen LogP contribution is -2.34. The van der Waals surface area contributed by atoms with Gasteiger partial charge in [-0.3, -0.25) is 4.79 Å². The molecule has 0 fully saturated rings. The Morgan fingerprint density at radius 1 is 0.794 bits per heavy atom. The van der Waals surface area contributed by atoms with Crippen molar-refractivity contribution in [2.24, 2.45) is 5.11 Å². The van der Waals surface area contributed by atoms with Crippen molar-refractivity contribution in [3.05, 3.63) is 130 Å². The fraction of sp³-hybridized carbons (Fsp3) is 0.222. The first-order chi connectivity index (χ1) is 16.8. The Kier molecular flexibility index (Phi) is 10.6. The normalized spacial score (nSPS) is 13.0. The van der Waals surface area contributed by atoms with Gasteiger partial charge in [-0.15, -0.1) is 0 Å². The van der Waals surface area contributed by atoms with E-state index in [1.54, 1.807) is 0 Å². The maximum absolute atomic E-state index is 11.4. The highest BCUT2D eigenvalue weighted by molar-refractivity contribution is 5.72. The fourth-order valence-electron chi connectivity index (χ4n) is 3.23. The summed E-state index contributed by atoms with van der Waals surface area (Å²) in [6, 6.07) is 29.2. The number of hydrogen-bond donors (Lipinski definition) is 0. The van der Waals surface area contributed by atoms with Gasteiger partial charge in [0.05, 0.1) is 32.1 Å². The number of ether oxygens (including phenoxy) is 3. The van der Waals surface area contributed by atoms with E-state index in [1.165, 1.54) is 6.08 Å². The lowest BCUT2D eigenvalue weighted by Gasteiger charge is -2.26. The van der Waals surface area contributed by atoms with E-state index in [9.17, 15) is 4.79 Å².